The van der Waals surface area contributed by atoms with E-state index in [-0.39, 0.29) is 42.1 Å². The topological polar surface area (TPSA) is 104 Å². The molecule has 27 heavy (non-hydrogen) atoms. The summed E-state index contributed by atoms with van der Waals surface area (Å²) in [5.41, 5.74) is 0.610. The van der Waals surface area contributed by atoms with Crippen molar-refractivity contribution in [3.8, 4) is 0 Å². The molecule has 2 heterocycles. The van der Waals surface area contributed by atoms with Gasteiger partial charge in [-0.1, -0.05) is 35.0 Å². The maximum absolute atomic E-state index is 12.1. The molecular weight excluding hydrogens is 435 g/mol. The van der Waals surface area contributed by atoms with Crippen LogP contribution in [0.1, 0.15) is 19.3 Å². The number of halogens is 2. The van der Waals surface area contributed by atoms with Crippen LogP contribution >= 0.6 is 35.0 Å². The maximum atomic E-state index is 12.1. The molecule has 11 heteroatoms. The molecular formula is C16H16Cl2N2O5S2. The average molecular weight is 451 g/mol. The van der Waals surface area contributed by atoms with Crippen LogP contribution in [-0.2, 0) is 19.4 Å². The molecule has 0 spiro atoms. The van der Waals surface area contributed by atoms with E-state index in [1.807, 2.05) is 0 Å². The molecule has 2 aliphatic heterocycles. The monoisotopic (exact) mass is 450 g/mol. The molecule has 0 radical (unpaired) electrons. The quantitative estimate of drug-likeness (QED) is 0.734. The molecule has 0 bridgehead atoms. The number of carbonyl (C=O) groups is 2. The number of rotatable bonds is 5. The zero-order valence-electron chi connectivity index (χ0n) is 14.0. The Bertz CT molecular complexity index is 919. The highest BCUT2D eigenvalue weighted by Gasteiger charge is 2.49. The van der Waals surface area contributed by atoms with Gasteiger partial charge in [0.05, 0.1) is 27.6 Å². The predicted octanol–water partition coefficient (Wildman–Crippen LogP) is 2.85. The molecule has 0 unspecified atom stereocenters. The van der Waals surface area contributed by atoms with Crippen LogP contribution in [0.25, 0.3) is 0 Å². The van der Waals surface area contributed by atoms with Gasteiger partial charge < -0.3 is 10.0 Å². The largest absolute Gasteiger partial charge is 0.481 e. The summed E-state index contributed by atoms with van der Waals surface area (Å²) in [6.07, 6.45) is 0.104. The predicted molar refractivity (Wildman–Crippen MR) is 107 cm³/mol. The first-order valence-corrected chi connectivity index (χ1v) is 11.6. The molecule has 1 aromatic rings. The smallest absolute Gasteiger partial charge is 0.303 e. The average Bonchev–Trinajstić information content (AvgIpc) is 3.00. The normalized spacial score (nSPS) is 25.0. The second-order valence-corrected chi connectivity index (χ2v) is 10.5. The van der Waals surface area contributed by atoms with E-state index in [1.54, 1.807) is 23.1 Å². The van der Waals surface area contributed by atoms with Crippen LogP contribution in [0.5, 0.6) is 0 Å². The molecule has 2 aliphatic rings. The summed E-state index contributed by atoms with van der Waals surface area (Å²) >= 11 is 13.3. The minimum atomic E-state index is -3.17. The van der Waals surface area contributed by atoms with Crippen LogP contribution in [0.3, 0.4) is 0 Å². The van der Waals surface area contributed by atoms with Crippen molar-refractivity contribution < 1.29 is 23.1 Å². The molecule has 1 aromatic carbocycles. The van der Waals surface area contributed by atoms with Crippen LogP contribution in [0.2, 0.25) is 10.0 Å². The van der Waals surface area contributed by atoms with E-state index in [4.69, 9.17) is 28.3 Å². The number of carbonyl (C=O) groups excluding carboxylic acids is 1. The van der Waals surface area contributed by atoms with E-state index in [2.05, 4.69) is 4.99 Å². The van der Waals surface area contributed by atoms with E-state index in [0.29, 0.717) is 20.9 Å². The SMILES string of the molecule is O=C(O)CCCC(=O)N=C1S[C@@H]2CS(=O)(=O)C[C@@H]2N1c1ccc(Cl)c(Cl)c1. The van der Waals surface area contributed by atoms with Gasteiger partial charge in [0.2, 0.25) is 5.91 Å². The number of benzene rings is 1. The lowest BCUT2D eigenvalue weighted by molar-refractivity contribution is -0.137. The number of hydrogen-bond donors (Lipinski definition) is 1. The Kier molecular flexibility index (Phi) is 6.05. The van der Waals surface area contributed by atoms with E-state index >= 15 is 0 Å². The highest BCUT2D eigenvalue weighted by molar-refractivity contribution is 8.16. The molecule has 0 aromatic heterocycles. The molecule has 1 amide bonds. The third-order valence-corrected chi connectivity index (χ3v) is 8.20. The van der Waals surface area contributed by atoms with Crippen molar-refractivity contribution in [1.29, 1.82) is 0 Å². The Hall–Kier alpha value is -1.29. The number of nitrogens with zero attached hydrogens (tertiary/aromatic N) is 2. The molecule has 3 rings (SSSR count). The number of thioether (sulfide) groups is 1. The van der Waals surface area contributed by atoms with Crippen LogP contribution < -0.4 is 4.90 Å². The minimum Gasteiger partial charge on any atom is -0.481 e. The van der Waals surface area contributed by atoms with E-state index < -0.39 is 21.7 Å². The van der Waals surface area contributed by atoms with Gasteiger partial charge >= 0.3 is 5.97 Å². The summed E-state index contributed by atoms with van der Waals surface area (Å²) in [6, 6.07) is 4.57. The zero-order valence-corrected chi connectivity index (χ0v) is 17.1. The fraction of sp³-hybridized carbons (Fsp3) is 0.438. The van der Waals surface area contributed by atoms with Gasteiger partial charge in [0.1, 0.15) is 0 Å². The lowest BCUT2D eigenvalue weighted by Crippen LogP contribution is -2.37. The van der Waals surface area contributed by atoms with Crippen molar-refractivity contribution in [3.63, 3.8) is 0 Å². The van der Waals surface area contributed by atoms with Crippen LogP contribution in [-0.4, -0.2) is 53.4 Å². The number of aliphatic imine (C=N–C) groups is 1. The second-order valence-electron chi connectivity index (χ2n) is 6.30. The van der Waals surface area contributed by atoms with E-state index in [0.717, 1.165) is 0 Å². The Morgan fingerprint density at radius 3 is 2.63 bits per heavy atom. The number of amidine groups is 1. The number of sulfone groups is 1. The molecule has 2 atom stereocenters. The molecule has 1 N–H and O–H groups in total. The van der Waals surface area contributed by atoms with Crippen molar-refractivity contribution in [2.75, 3.05) is 16.4 Å². The Morgan fingerprint density at radius 2 is 1.96 bits per heavy atom. The first kappa shape index (κ1) is 20.4. The first-order valence-electron chi connectivity index (χ1n) is 8.11. The summed E-state index contributed by atoms with van der Waals surface area (Å²) in [6.45, 7) is 0. The minimum absolute atomic E-state index is 0.0131. The van der Waals surface area contributed by atoms with Crippen molar-refractivity contribution in [3.05, 3.63) is 28.2 Å². The lowest BCUT2D eigenvalue weighted by Gasteiger charge is -2.24. The van der Waals surface area contributed by atoms with Crippen molar-refractivity contribution >= 4 is 67.5 Å². The van der Waals surface area contributed by atoms with Gasteiger partial charge in [0.25, 0.3) is 0 Å². The summed E-state index contributed by atoms with van der Waals surface area (Å²) in [5.74, 6) is -1.42. The third-order valence-electron chi connectivity index (χ3n) is 4.25. The fourth-order valence-corrected chi connectivity index (χ4v) is 7.28. The number of carboxylic acids is 1. The van der Waals surface area contributed by atoms with Crippen LogP contribution in [0.4, 0.5) is 5.69 Å². The lowest BCUT2D eigenvalue weighted by atomic mass is 10.2. The van der Waals surface area contributed by atoms with Crippen LogP contribution in [0.15, 0.2) is 23.2 Å². The maximum Gasteiger partial charge on any atom is 0.303 e. The molecule has 146 valence electrons. The van der Waals surface area contributed by atoms with Crippen LogP contribution in [0, 0.1) is 0 Å². The number of fused-ring (bicyclic) bond motifs is 1. The number of amides is 1. The van der Waals surface area contributed by atoms with E-state index in [1.165, 1.54) is 11.8 Å². The summed E-state index contributed by atoms with van der Waals surface area (Å²) in [5, 5.41) is 9.52. The van der Waals surface area contributed by atoms with Gasteiger partial charge in [-0.25, -0.2) is 8.42 Å². The van der Waals surface area contributed by atoms with Crippen molar-refractivity contribution in [2.45, 2.75) is 30.6 Å². The summed E-state index contributed by atoms with van der Waals surface area (Å²) in [4.78, 5) is 28.6. The fourth-order valence-electron chi connectivity index (χ4n) is 3.05. The molecule has 7 nitrogen and oxygen atoms in total. The molecule has 0 saturated carbocycles. The Morgan fingerprint density at radius 1 is 1.22 bits per heavy atom. The van der Waals surface area contributed by atoms with Gasteiger partial charge in [-0.15, -0.1) is 0 Å². The van der Waals surface area contributed by atoms with Gasteiger partial charge in [0, 0.05) is 23.8 Å². The van der Waals surface area contributed by atoms with Gasteiger partial charge in [-0.3, -0.25) is 9.59 Å². The van der Waals surface area contributed by atoms with E-state index in [9.17, 15) is 18.0 Å². The van der Waals surface area contributed by atoms with Gasteiger partial charge in [-0.05, 0) is 24.6 Å². The third kappa shape index (κ3) is 4.77. The molecule has 2 saturated heterocycles. The zero-order chi connectivity index (χ0) is 19.8. The Balaban J connectivity index is 1.88. The molecule has 0 aliphatic carbocycles. The van der Waals surface area contributed by atoms with Gasteiger partial charge in [-0.2, -0.15) is 4.99 Å². The van der Waals surface area contributed by atoms with Crippen molar-refractivity contribution in [2.24, 2.45) is 4.99 Å². The summed E-state index contributed by atoms with van der Waals surface area (Å²) in [7, 11) is -3.17. The summed E-state index contributed by atoms with van der Waals surface area (Å²) < 4.78 is 24.1. The second kappa shape index (κ2) is 7.98. The van der Waals surface area contributed by atoms with Gasteiger partial charge in [0.15, 0.2) is 15.0 Å². The first-order chi connectivity index (χ1) is 12.7. The number of carboxylic acid groups (broad SMARTS) is 1. The highest BCUT2D eigenvalue weighted by atomic mass is 35.5. The highest BCUT2D eigenvalue weighted by Crippen LogP contribution is 2.42. The number of hydrogen-bond acceptors (Lipinski definition) is 5. The number of anilines is 1. The Labute approximate surface area is 170 Å². The number of aliphatic carboxylic acids is 1. The van der Waals surface area contributed by atoms with Crippen molar-refractivity contribution in [1.82, 2.24) is 0 Å². The molecule has 2 fully saturated rings. The standard InChI is InChI=1S/C16H16Cl2N2O5S2/c17-10-5-4-9(6-11(10)18)20-12-7-27(24,25)8-13(12)26-16(20)19-14(21)2-1-3-15(22)23/h4-6,12-13H,1-3,7-8H2,(H,22,23)/t12-,13+/m0/s1.